The molecule has 3 rings (SSSR count). The topological polar surface area (TPSA) is 84.9 Å². The summed E-state index contributed by atoms with van der Waals surface area (Å²) in [5.74, 6) is 0.0746. The highest BCUT2D eigenvalue weighted by Gasteiger charge is 2.27. The Morgan fingerprint density at radius 1 is 0.970 bits per heavy atom. The molecule has 0 aliphatic heterocycles. The molecule has 0 aromatic heterocycles. The average molecular weight is 489 g/mol. The molecule has 0 spiro atoms. The smallest absolute Gasteiger partial charge is 0.264 e. The molecule has 1 amide bonds. The average Bonchev–Trinajstić information content (AvgIpc) is 2.83. The summed E-state index contributed by atoms with van der Waals surface area (Å²) in [4.78, 5) is 12.6. The van der Waals surface area contributed by atoms with Gasteiger partial charge in [-0.2, -0.15) is 0 Å². The number of halogens is 1. The number of carbonyl (C=O) groups excluding carboxylic acids is 1. The molecule has 0 aliphatic rings. The first-order valence-electron chi connectivity index (χ1n) is 10.2. The Balaban J connectivity index is 1.66. The number of amides is 1. The lowest BCUT2D eigenvalue weighted by Gasteiger charge is -2.24. The van der Waals surface area contributed by atoms with E-state index < -0.39 is 22.5 Å². The zero-order chi connectivity index (χ0) is 23.7. The zero-order valence-corrected chi connectivity index (χ0v) is 19.7. The van der Waals surface area contributed by atoms with E-state index in [1.807, 2.05) is 30.3 Å². The van der Waals surface area contributed by atoms with Gasteiger partial charge in [0.25, 0.3) is 10.0 Å². The molecule has 1 N–H and O–H groups in total. The molecule has 9 heteroatoms. The zero-order valence-electron chi connectivity index (χ0n) is 18.1. The molecule has 0 atom stereocenters. The molecule has 7 nitrogen and oxygen atoms in total. The highest BCUT2D eigenvalue weighted by molar-refractivity contribution is 7.92. The molecule has 0 radical (unpaired) electrons. The quantitative estimate of drug-likeness (QED) is 0.414. The van der Waals surface area contributed by atoms with Crippen molar-refractivity contribution in [3.8, 4) is 5.75 Å². The van der Waals surface area contributed by atoms with Gasteiger partial charge >= 0.3 is 0 Å². The van der Waals surface area contributed by atoms with Gasteiger partial charge < -0.3 is 14.8 Å². The molecule has 0 heterocycles. The summed E-state index contributed by atoms with van der Waals surface area (Å²) in [6.45, 7) is 0.587. The number of rotatable bonds is 11. The first-order chi connectivity index (χ1) is 15.9. The van der Waals surface area contributed by atoms with Crippen molar-refractivity contribution in [2.75, 3.05) is 31.1 Å². The molecule has 0 aliphatic carbocycles. The number of hydrogen-bond donors (Lipinski definition) is 1. The SMILES string of the molecule is COc1ccc(S(=O)(=O)N(CC(=O)NCCOCc2ccccc2)c2ccc(Cl)cc2)cc1. The van der Waals surface area contributed by atoms with E-state index in [0.717, 1.165) is 9.87 Å². The Labute approximate surface area is 198 Å². The van der Waals surface area contributed by atoms with Crippen molar-refractivity contribution < 1.29 is 22.7 Å². The number of ether oxygens (including phenoxy) is 2. The summed E-state index contributed by atoms with van der Waals surface area (Å²) in [6.07, 6.45) is 0. The predicted molar refractivity (Wildman–Crippen MR) is 128 cm³/mol. The summed E-state index contributed by atoms with van der Waals surface area (Å²) in [7, 11) is -2.52. The molecule has 0 fully saturated rings. The lowest BCUT2D eigenvalue weighted by molar-refractivity contribution is -0.119. The van der Waals surface area contributed by atoms with Gasteiger partial charge in [-0.15, -0.1) is 0 Å². The fraction of sp³-hybridized carbons (Fsp3) is 0.208. The van der Waals surface area contributed by atoms with Gasteiger partial charge in [-0.1, -0.05) is 41.9 Å². The van der Waals surface area contributed by atoms with Crippen molar-refractivity contribution in [1.29, 1.82) is 0 Å². The predicted octanol–water partition coefficient (Wildman–Crippen LogP) is 3.88. The van der Waals surface area contributed by atoms with E-state index >= 15 is 0 Å². The van der Waals surface area contributed by atoms with E-state index in [0.29, 0.717) is 29.7 Å². The van der Waals surface area contributed by atoms with Crippen LogP contribution < -0.4 is 14.4 Å². The van der Waals surface area contributed by atoms with Crippen LogP contribution in [0.4, 0.5) is 5.69 Å². The molecular formula is C24H25ClN2O5S. The molecule has 174 valence electrons. The van der Waals surface area contributed by atoms with E-state index in [1.54, 1.807) is 36.4 Å². The van der Waals surface area contributed by atoms with Gasteiger partial charge in [0.15, 0.2) is 0 Å². The van der Waals surface area contributed by atoms with Gasteiger partial charge in [0.05, 0.1) is 30.9 Å². The van der Waals surface area contributed by atoms with Crippen LogP contribution in [0.1, 0.15) is 5.56 Å². The Hall–Kier alpha value is -3.07. The van der Waals surface area contributed by atoms with Crippen molar-refractivity contribution in [2.24, 2.45) is 0 Å². The summed E-state index contributed by atoms with van der Waals surface area (Å²) >= 11 is 5.95. The minimum absolute atomic E-state index is 0.0391. The molecule has 3 aromatic carbocycles. The highest BCUT2D eigenvalue weighted by atomic mass is 35.5. The minimum Gasteiger partial charge on any atom is -0.497 e. The van der Waals surface area contributed by atoms with Crippen molar-refractivity contribution in [3.63, 3.8) is 0 Å². The van der Waals surface area contributed by atoms with Gasteiger partial charge in [0.2, 0.25) is 5.91 Å². The van der Waals surface area contributed by atoms with E-state index in [4.69, 9.17) is 21.1 Å². The van der Waals surface area contributed by atoms with Crippen LogP contribution in [-0.2, 0) is 26.2 Å². The number of sulfonamides is 1. The number of nitrogens with zero attached hydrogens (tertiary/aromatic N) is 1. The second-order valence-corrected chi connectivity index (χ2v) is 9.35. The number of methoxy groups -OCH3 is 1. The summed E-state index contributed by atoms with van der Waals surface area (Å²) in [5.41, 5.74) is 1.36. The number of anilines is 1. The molecule has 0 saturated carbocycles. The van der Waals surface area contributed by atoms with Crippen LogP contribution in [0.15, 0.2) is 83.8 Å². The summed E-state index contributed by atoms with van der Waals surface area (Å²) in [6, 6.07) is 21.9. The summed E-state index contributed by atoms with van der Waals surface area (Å²) < 4.78 is 38.4. The van der Waals surface area contributed by atoms with Crippen molar-refractivity contribution >= 4 is 33.2 Å². The van der Waals surface area contributed by atoms with Crippen LogP contribution in [0, 0.1) is 0 Å². The third-order valence-electron chi connectivity index (χ3n) is 4.73. The van der Waals surface area contributed by atoms with Gasteiger partial charge in [0, 0.05) is 11.6 Å². The molecule has 0 saturated heterocycles. The standard InChI is InChI=1S/C24H25ClN2O5S/c1-31-22-11-13-23(14-12-22)33(29,30)27(21-9-7-20(25)8-10-21)17-24(28)26-15-16-32-18-19-5-3-2-4-6-19/h2-14H,15-18H2,1H3,(H,26,28). The van der Waals surface area contributed by atoms with E-state index in [-0.39, 0.29) is 11.4 Å². The van der Waals surface area contributed by atoms with Gasteiger partial charge in [-0.25, -0.2) is 8.42 Å². The van der Waals surface area contributed by atoms with Gasteiger partial charge in [-0.05, 0) is 54.1 Å². The summed E-state index contributed by atoms with van der Waals surface area (Å²) in [5, 5.41) is 3.17. The number of carbonyl (C=O) groups is 1. The lowest BCUT2D eigenvalue weighted by Crippen LogP contribution is -2.41. The maximum absolute atomic E-state index is 13.3. The van der Waals surface area contributed by atoms with Crippen LogP contribution in [0.3, 0.4) is 0 Å². The molecule has 0 bridgehead atoms. The normalized spacial score (nSPS) is 11.1. The number of benzene rings is 3. The molecule has 0 unspecified atom stereocenters. The Morgan fingerprint density at radius 2 is 1.64 bits per heavy atom. The van der Waals surface area contributed by atoms with Crippen LogP contribution in [0.5, 0.6) is 5.75 Å². The lowest BCUT2D eigenvalue weighted by atomic mass is 10.2. The second kappa shape index (κ2) is 11.7. The first-order valence-corrected chi connectivity index (χ1v) is 12.0. The molecule has 33 heavy (non-hydrogen) atoms. The Kier molecular flexibility index (Phi) is 8.71. The van der Waals surface area contributed by atoms with E-state index in [2.05, 4.69) is 5.32 Å². The number of hydrogen-bond acceptors (Lipinski definition) is 5. The maximum atomic E-state index is 13.3. The van der Waals surface area contributed by atoms with E-state index in [9.17, 15) is 13.2 Å². The van der Waals surface area contributed by atoms with Gasteiger partial charge in [0.1, 0.15) is 12.3 Å². The third kappa shape index (κ3) is 6.95. The van der Waals surface area contributed by atoms with Crippen LogP contribution in [-0.4, -0.2) is 41.1 Å². The largest absolute Gasteiger partial charge is 0.497 e. The van der Waals surface area contributed by atoms with E-state index in [1.165, 1.54) is 19.2 Å². The van der Waals surface area contributed by atoms with Crippen molar-refractivity contribution in [3.05, 3.63) is 89.4 Å². The highest BCUT2D eigenvalue weighted by Crippen LogP contribution is 2.26. The first kappa shape index (κ1) is 24.6. The number of nitrogens with one attached hydrogen (secondary N) is 1. The Bertz CT molecular complexity index is 1140. The maximum Gasteiger partial charge on any atom is 0.264 e. The fourth-order valence-corrected chi connectivity index (χ4v) is 4.56. The van der Waals surface area contributed by atoms with Crippen molar-refractivity contribution in [2.45, 2.75) is 11.5 Å². The minimum atomic E-state index is -4.02. The second-order valence-electron chi connectivity index (χ2n) is 7.05. The van der Waals surface area contributed by atoms with Crippen molar-refractivity contribution in [1.82, 2.24) is 5.32 Å². The van der Waals surface area contributed by atoms with Crippen LogP contribution >= 0.6 is 11.6 Å². The fourth-order valence-electron chi connectivity index (χ4n) is 3.01. The van der Waals surface area contributed by atoms with Crippen LogP contribution in [0.25, 0.3) is 0 Å². The van der Waals surface area contributed by atoms with Gasteiger partial charge in [-0.3, -0.25) is 9.10 Å². The molecule has 3 aromatic rings. The third-order valence-corrected chi connectivity index (χ3v) is 6.77. The van der Waals surface area contributed by atoms with Crippen LogP contribution in [0.2, 0.25) is 5.02 Å². The monoisotopic (exact) mass is 488 g/mol. The Morgan fingerprint density at radius 3 is 2.27 bits per heavy atom. The molecular weight excluding hydrogens is 464 g/mol.